The van der Waals surface area contributed by atoms with Gasteiger partial charge in [0.15, 0.2) is 0 Å². The molecule has 0 saturated heterocycles. The second kappa shape index (κ2) is 5.93. The first-order chi connectivity index (χ1) is 7.13. The van der Waals surface area contributed by atoms with E-state index >= 15 is 0 Å². The number of aryl methyl sites for hydroxylation is 1. The van der Waals surface area contributed by atoms with E-state index in [0.717, 1.165) is 24.3 Å². The van der Waals surface area contributed by atoms with Crippen LogP contribution >= 0.6 is 11.6 Å². The van der Waals surface area contributed by atoms with Crippen LogP contribution in [-0.2, 0) is 4.74 Å². The number of nitrogens with one attached hydrogen (secondary N) is 1. The Hall–Kier alpha value is -0.800. The molecule has 0 radical (unpaired) electrons. The third-order valence-electron chi connectivity index (χ3n) is 2.18. The standard InChI is InChI=1S/C11H17ClN2O/c1-8-6-10(7-13-11(8)12)14-9(2)4-5-15-3/h6-7,9,14H,4-5H2,1-3H3. The zero-order valence-corrected chi connectivity index (χ0v) is 10.1. The molecule has 1 unspecified atom stereocenters. The van der Waals surface area contributed by atoms with Crippen molar-refractivity contribution in [2.75, 3.05) is 19.0 Å². The minimum absolute atomic E-state index is 0.368. The van der Waals surface area contributed by atoms with Crippen molar-refractivity contribution in [2.24, 2.45) is 0 Å². The summed E-state index contributed by atoms with van der Waals surface area (Å²) < 4.78 is 5.02. The fourth-order valence-corrected chi connectivity index (χ4v) is 1.39. The van der Waals surface area contributed by atoms with Crippen LogP contribution < -0.4 is 5.32 Å². The fourth-order valence-electron chi connectivity index (χ4n) is 1.29. The van der Waals surface area contributed by atoms with Crippen LogP contribution in [0.15, 0.2) is 12.3 Å². The Balaban J connectivity index is 2.53. The first kappa shape index (κ1) is 12.3. The molecule has 84 valence electrons. The van der Waals surface area contributed by atoms with Gasteiger partial charge < -0.3 is 10.1 Å². The maximum Gasteiger partial charge on any atom is 0.132 e. The number of methoxy groups -OCH3 is 1. The van der Waals surface area contributed by atoms with Crippen LogP contribution in [0.3, 0.4) is 0 Å². The lowest BCUT2D eigenvalue weighted by Gasteiger charge is -2.14. The summed E-state index contributed by atoms with van der Waals surface area (Å²) in [5.74, 6) is 0. The minimum atomic E-state index is 0.368. The van der Waals surface area contributed by atoms with E-state index in [2.05, 4.69) is 17.2 Å². The summed E-state index contributed by atoms with van der Waals surface area (Å²) in [5.41, 5.74) is 1.99. The Kier molecular flexibility index (Phi) is 4.85. The first-order valence-corrected chi connectivity index (χ1v) is 5.39. The molecule has 1 aromatic rings. The van der Waals surface area contributed by atoms with Gasteiger partial charge in [-0.05, 0) is 31.9 Å². The summed E-state index contributed by atoms with van der Waals surface area (Å²) in [6, 6.07) is 2.37. The van der Waals surface area contributed by atoms with Crippen molar-refractivity contribution in [1.29, 1.82) is 0 Å². The van der Waals surface area contributed by atoms with Crippen molar-refractivity contribution >= 4 is 17.3 Å². The molecule has 0 amide bonds. The van der Waals surface area contributed by atoms with Gasteiger partial charge in [-0.1, -0.05) is 11.6 Å². The number of halogens is 1. The molecular formula is C11H17ClN2O. The Morgan fingerprint density at radius 2 is 2.33 bits per heavy atom. The van der Waals surface area contributed by atoms with Crippen molar-refractivity contribution in [1.82, 2.24) is 4.98 Å². The Morgan fingerprint density at radius 3 is 2.93 bits per heavy atom. The van der Waals surface area contributed by atoms with Gasteiger partial charge in [0.2, 0.25) is 0 Å². The monoisotopic (exact) mass is 228 g/mol. The first-order valence-electron chi connectivity index (χ1n) is 5.01. The molecule has 1 atom stereocenters. The van der Waals surface area contributed by atoms with Gasteiger partial charge in [0.1, 0.15) is 5.15 Å². The molecule has 3 nitrogen and oxygen atoms in total. The number of rotatable bonds is 5. The van der Waals surface area contributed by atoms with Crippen LogP contribution in [-0.4, -0.2) is 24.7 Å². The highest BCUT2D eigenvalue weighted by molar-refractivity contribution is 6.30. The molecule has 0 fully saturated rings. The van der Waals surface area contributed by atoms with Crippen molar-refractivity contribution in [3.8, 4) is 0 Å². The molecule has 0 saturated carbocycles. The molecule has 0 aliphatic rings. The molecule has 1 rings (SSSR count). The normalized spacial score (nSPS) is 12.5. The predicted molar refractivity (Wildman–Crippen MR) is 63.6 cm³/mol. The smallest absolute Gasteiger partial charge is 0.132 e. The Morgan fingerprint density at radius 1 is 1.60 bits per heavy atom. The number of pyridine rings is 1. The fraction of sp³-hybridized carbons (Fsp3) is 0.545. The van der Waals surface area contributed by atoms with Crippen molar-refractivity contribution in [3.63, 3.8) is 0 Å². The van der Waals surface area contributed by atoms with Crippen LogP contribution in [0.1, 0.15) is 18.9 Å². The van der Waals surface area contributed by atoms with Crippen LogP contribution in [0.5, 0.6) is 0 Å². The maximum atomic E-state index is 5.84. The Bertz CT molecular complexity index is 317. The number of aromatic nitrogens is 1. The van der Waals surface area contributed by atoms with E-state index in [4.69, 9.17) is 16.3 Å². The van der Waals surface area contributed by atoms with Crippen LogP contribution in [0, 0.1) is 6.92 Å². The van der Waals surface area contributed by atoms with E-state index < -0.39 is 0 Å². The minimum Gasteiger partial charge on any atom is -0.385 e. The average Bonchev–Trinajstić information content (AvgIpc) is 2.20. The lowest BCUT2D eigenvalue weighted by atomic mass is 10.2. The number of nitrogens with zero attached hydrogens (tertiary/aromatic N) is 1. The van der Waals surface area contributed by atoms with Crippen molar-refractivity contribution in [3.05, 3.63) is 23.0 Å². The van der Waals surface area contributed by atoms with Crippen LogP contribution in [0.25, 0.3) is 0 Å². The molecule has 1 heterocycles. The van der Waals surface area contributed by atoms with E-state index in [-0.39, 0.29) is 0 Å². The second-order valence-electron chi connectivity index (χ2n) is 3.66. The zero-order chi connectivity index (χ0) is 11.3. The summed E-state index contributed by atoms with van der Waals surface area (Å²) in [5, 5.41) is 3.90. The lowest BCUT2D eigenvalue weighted by Crippen LogP contribution is -2.17. The maximum absolute atomic E-state index is 5.84. The zero-order valence-electron chi connectivity index (χ0n) is 9.38. The lowest BCUT2D eigenvalue weighted by molar-refractivity contribution is 0.191. The third kappa shape index (κ3) is 4.06. The molecule has 0 aliphatic heterocycles. The number of hydrogen-bond donors (Lipinski definition) is 1. The second-order valence-corrected chi connectivity index (χ2v) is 4.02. The van der Waals surface area contributed by atoms with Gasteiger partial charge in [0.25, 0.3) is 0 Å². The van der Waals surface area contributed by atoms with Crippen LogP contribution in [0.2, 0.25) is 5.15 Å². The van der Waals surface area contributed by atoms with Crippen molar-refractivity contribution in [2.45, 2.75) is 26.3 Å². The largest absolute Gasteiger partial charge is 0.385 e. The van der Waals surface area contributed by atoms with Gasteiger partial charge in [-0.15, -0.1) is 0 Å². The van der Waals surface area contributed by atoms with E-state index in [1.165, 1.54) is 0 Å². The van der Waals surface area contributed by atoms with Gasteiger partial charge in [-0.25, -0.2) is 4.98 Å². The van der Waals surface area contributed by atoms with Gasteiger partial charge in [-0.2, -0.15) is 0 Å². The Labute approximate surface area is 95.8 Å². The molecule has 1 aromatic heterocycles. The number of anilines is 1. The quantitative estimate of drug-likeness (QED) is 0.787. The predicted octanol–water partition coefficient (Wildman–Crippen LogP) is 2.88. The third-order valence-corrected chi connectivity index (χ3v) is 2.58. The highest BCUT2D eigenvalue weighted by Gasteiger charge is 2.03. The summed E-state index contributed by atoms with van der Waals surface area (Å²) in [7, 11) is 1.71. The highest BCUT2D eigenvalue weighted by atomic mass is 35.5. The van der Waals surface area contributed by atoms with Gasteiger partial charge in [0, 0.05) is 19.8 Å². The summed E-state index contributed by atoms with van der Waals surface area (Å²) >= 11 is 5.84. The SMILES string of the molecule is COCCC(C)Nc1cnc(Cl)c(C)c1. The molecule has 1 N–H and O–H groups in total. The summed E-state index contributed by atoms with van der Waals surface area (Å²) in [6.45, 7) is 4.82. The molecule has 15 heavy (non-hydrogen) atoms. The van der Waals surface area contributed by atoms with E-state index in [1.807, 2.05) is 13.0 Å². The average molecular weight is 229 g/mol. The molecular weight excluding hydrogens is 212 g/mol. The van der Waals surface area contributed by atoms with E-state index in [9.17, 15) is 0 Å². The topological polar surface area (TPSA) is 34.1 Å². The summed E-state index contributed by atoms with van der Waals surface area (Å²) in [6.07, 6.45) is 2.72. The molecule has 0 aliphatic carbocycles. The molecule has 0 aromatic carbocycles. The van der Waals surface area contributed by atoms with Gasteiger partial charge >= 0.3 is 0 Å². The number of ether oxygens (including phenoxy) is 1. The highest BCUT2D eigenvalue weighted by Crippen LogP contribution is 2.17. The summed E-state index contributed by atoms with van der Waals surface area (Å²) in [4.78, 5) is 4.08. The van der Waals surface area contributed by atoms with Crippen molar-refractivity contribution < 1.29 is 4.74 Å². The van der Waals surface area contributed by atoms with E-state index in [0.29, 0.717) is 11.2 Å². The van der Waals surface area contributed by atoms with E-state index in [1.54, 1.807) is 13.3 Å². The molecule has 4 heteroatoms. The number of hydrogen-bond acceptors (Lipinski definition) is 3. The van der Waals surface area contributed by atoms with Gasteiger partial charge in [-0.3, -0.25) is 0 Å². The van der Waals surface area contributed by atoms with Crippen LogP contribution in [0.4, 0.5) is 5.69 Å². The van der Waals surface area contributed by atoms with Gasteiger partial charge in [0.05, 0.1) is 11.9 Å². The molecule has 0 spiro atoms. The molecule has 0 bridgehead atoms.